The van der Waals surface area contributed by atoms with Crippen molar-refractivity contribution in [3.63, 3.8) is 0 Å². The number of para-hydroxylation sites is 1. The molecule has 0 radical (unpaired) electrons. The average molecular weight is 256 g/mol. The highest BCUT2D eigenvalue weighted by Gasteiger charge is 2.33. The molecule has 2 rings (SSSR count). The van der Waals surface area contributed by atoms with E-state index < -0.39 is 17.9 Å². The Balaban J connectivity index is 2.48. The number of carboxylic acids is 1. The summed E-state index contributed by atoms with van der Waals surface area (Å²) in [6.45, 7) is -0.117. The molecular weight excluding hydrogens is 246 g/mol. The first kappa shape index (κ1) is 11.7. The molecule has 1 aromatic carbocycles. The van der Waals surface area contributed by atoms with E-state index in [0.29, 0.717) is 5.02 Å². The van der Waals surface area contributed by atoms with Gasteiger partial charge in [-0.25, -0.2) is 4.79 Å². The van der Waals surface area contributed by atoms with Gasteiger partial charge in [0.2, 0.25) is 0 Å². The van der Waals surface area contributed by atoms with Gasteiger partial charge in [-0.3, -0.25) is 4.79 Å². The minimum Gasteiger partial charge on any atom is -0.488 e. The van der Waals surface area contributed by atoms with Crippen LogP contribution in [0.25, 0.3) is 0 Å². The first-order valence-corrected chi connectivity index (χ1v) is 5.31. The lowest BCUT2D eigenvalue weighted by molar-refractivity contribution is -0.142. The van der Waals surface area contributed by atoms with Crippen LogP contribution in [0.15, 0.2) is 18.2 Å². The van der Waals surface area contributed by atoms with Crippen molar-refractivity contribution < 1.29 is 19.4 Å². The van der Waals surface area contributed by atoms with Gasteiger partial charge in [-0.2, -0.15) is 0 Å². The van der Waals surface area contributed by atoms with Crippen LogP contribution in [-0.2, 0) is 4.79 Å². The Bertz CT molecular complexity index is 488. The molecule has 17 heavy (non-hydrogen) atoms. The molecule has 0 bridgehead atoms. The molecule has 90 valence electrons. The highest BCUT2D eigenvalue weighted by atomic mass is 35.5. The topological polar surface area (TPSA) is 66.8 Å². The van der Waals surface area contributed by atoms with Gasteiger partial charge < -0.3 is 14.7 Å². The summed E-state index contributed by atoms with van der Waals surface area (Å²) in [5.41, 5.74) is 0.281. The molecule has 0 aromatic heterocycles. The van der Waals surface area contributed by atoms with E-state index >= 15 is 0 Å². The Labute approximate surface area is 103 Å². The summed E-state index contributed by atoms with van der Waals surface area (Å²) in [5, 5.41) is 9.29. The maximum absolute atomic E-state index is 12.0. The maximum Gasteiger partial charge on any atom is 0.330 e. The number of rotatable bonds is 1. The molecule has 5 nitrogen and oxygen atoms in total. The normalized spacial score (nSPS) is 19.3. The fraction of sp³-hybridized carbons (Fsp3) is 0.273. The van der Waals surface area contributed by atoms with E-state index in [4.69, 9.17) is 21.4 Å². The fourth-order valence-corrected chi connectivity index (χ4v) is 1.90. The molecule has 1 unspecified atom stereocenters. The first-order valence-electron chi connectivity index (χ1n) is 4.93. The van der Waals surface area contributed by atoms with E-state index in [2.05, 4.69) is 0 Å². The van der Waals surface area contributed by atoms with Gasteiger partial charge in [0.25, 0.3) is 5.91 Å². The number of hydrogen-bond acceptors (Lipinski definition) is 3. The van der Waals surface area contributed by atoms with Gasteiger partial charge in [0.15, 0.2) is 11.8 Å². The maximum atomic E-state index is 12.0. The largest absolute Gasteiger partial charge is 0.488 e. The molecular formula is C11H10ClNO4. The van der Waals surface area contributed by atoms with Crippen LogP contribution in [-0.4, -0.2) is 41.6 Å². The van der Waals surface area contributed by atoms with Crippen molar-refractivity contribution in [1.82, 2.24) is 4.90 Å². The van der Waals surface area contributed by atoms with Crippen molar-refractivity contribution >= 4 is 23.5 Å². The standard InChI is InChI=1S/C11H10ClNO4/c1-13-8(11(15)16)5-17-9-6(10(13)14)3-2-4-7(9)12/h2-4,8H,5H2,1H3,(H,15,16). The van der Waals surface area contributed by atoms with Crippen LogP contribution in [0.3, 0.4) is 0 Å². The summed E-state index contributed by atoms with van der Waals surface area (Å²) in [5.74, 6) is -1.27. The van der Waals surface area contributed by atoms with E-state index in [0.717, 1.165) is 4.90 Å². The van der Waals surface area contributed by atoms with Crippen molar-refractivity contribution in [2.24, 2.45) is 0 Å². The third-order valence-corrected chi connectivity index (χ3v) is 2.95. The molecule has 0 fully saturated rings. The Hall–Kier alpha value is -1.75. The summed E-state index contributed by atoms with van der Waals surface area (Å²) in [4.78, 5) is 24.2. The monoisotopic (exact) mass is 255 g/mol. The summed E-state index contributed by atoms with van der Waals surface area (Å²) in [6, 6.07) is 3.77. The summed E-state index contributed by atoms with van der Waals surface area (Å²) in [7, 11) is 1.43. The van der Waals surface area contributed by atoms with Crippen LogP contribution < -0.4 is 4.74 Å². The van der Waals surface area contributed by atoms with Crippen molar-refractivity contribution in [3.8, 4) is 5.75 Å². The molecule has 0 spiro atoms. The molecule has 1 aliphatic rings. The molecule has 0 aliphatic carbocycles. The van der Waals surface area contributed by atoms with Gasteiger partial charge in [0.05, 0.1) is 10.6 Å². The zero-order valence-corrected chi connectivity index (χ0v) is 9.77. The predicted molar refractivity (Wildman–Crippen MR) is 60.5 cm³/mol. The fourth-order valence-electron chi connectivity index (χ4n) is 1.67. The summed E-state index contributed by atoms with van der Waals surface area (Å²) in [6.07, 6.45) is 0. The minimum atomic E-state index is -1.11. The van der Waals surface area contributed by atoms with Crippen LogP contribution in [0, 0.1) is 0 Å². The highest BCUT2D eigenvalue weighted by Crippen LogP contribution is 2.31. The molecule has 1 heterocycles. The average Bonchev–Trinajstić information content (AvgIpc) is 2.40. The van der Waals surface area contributed by atoms with Crippen molar-refractivity contribution in [3.05, 3.63) is 28.8 Å². The van der Waals surface area contributed by atoms with E-state index in [-0.39, 0.29) is 17.9 Å². The predicted octanol–water partition coefficient (Wildman–Crippen LogP) is 1.26. The van der Waals surface area contributed by atoms with E-state index in [1.807, 2.05) is 0 Å². The smallest absolute Gasteiger partial charge is 0.330 e. The number of aliphatic carboxylic acids is 1. The third kappa shape index (κ3) is 1.93. The Morgan fingerprint density at radius 1 is 1.59 bits per heavy atom. The van der Waals surface area contributed by atoms with E-state index in [1.165, 1.54) is 7.05 Å². The van der Waals surface area contributed by atoms with Crippen LogP contribution in [0.5, 0.6) is 5.75 Å². The lowest BCUT2D eigenvalue weighted by Gasteiger charge is -2.20. The zero-order chi connectivity index (χ0) is 12.6. The molecule has 1 amide bonds. The number of carbonyl (C=O) groups is 2. The number of ether oxygens (including phenoxy) is 1. The second kappa shape index (κ2) is 4.25. The molecule has 1 aliphatic heterocycles. The molecule has 1 aromatic rings. The van der Waals surface area contributed by atoms with Crippen molar-refractivity contribution in [1.29, 1.82) is 0 Å². The SMILES string of the molecule is CN1C(=O)c2cccc(Cl)c2OCC1C(=O)O. The minimum absolute atomic E-state index is 0.117. The third-order valence-electron chi connectivity index (χ3n) is 2.66. The number of likely N-dealkylation sites (N-methyl/N-ethyl adjacent to an activating group) is 1. The van der Waals surface area contributed by atoms with Gasteiger partial charge in [0, 0.05) is 7.05 Å². The van der Waals surface area contributed by atoms with Crippen molar-refractivity contribution in [2.45, 2.75) is 6.04 Å². The number of amides is 1. The quantitative estimate of drug-likeness (QED) is 0.820. The van der Waals surface area contributed by atoms with Crippen LogP contribution in [0.2, 0.25) is 5.02 Å². The zero-order valence-electron chi connectivity index (χ0n) is 9.01. The Morgan fingerprint density at radius 3 is 2.94 bits per heavy atom. The summed E-state index contributed by atoms with van der Waals surface area (Å²) >= 11 is 5.91. The van der Waals surface area contributed by atoms with E-state index in [9.17, 15) is 9.59 Å². The van der Waals surface area contributed by atoms with Gasteiger partial charge in [-0.15, -0.1) is 0 Å². The van der Waals surface area contributed by atoms with Crippen LogP contribution in [0.4, 0.5) is 0 Å². The second-order valence-corrected chi connectivity index (χ2v) is 4.10. The number of hydrogen-bond donors (Lipinski definition) is 1. The molecule has 0 saturated carbocycles. The number of fused-ring (bicyclic) bond motifs is 1. The number of carboxylic acid groups (broad SMARTS) is 1. The van der Waals surface area contributed by atoms with Gasteiger partial charge in [-0.05, 0) is 12.1 Å². The van der Waals surface area contributed by atoms with Crippen LogP contribution in [0.1, 0.15) is 10.4 Å². The van der Waals surface area contributed by atoms with E-state index in [1.54, 1.807) is 18.2 Å². The lowest BCUT2D eigenvalue weighted by atomic mass is 10.1. The van der Waals surface area contributed by atoms with Crippen molar-refractivity contribution in [2.75, 3.05) is 13.7 Å². The number of nitrogens with zero attached hydrogens (tertiary/aromatic N) is 1. The lowest BCUT2D eigenvalue weighted by Crippen LogP contribution is -2.44. The highest BCUT2D eigenvalue weighted by molar-refractivity contribution is 6.32. The van der Waals surface area contributed by atoms with Gasteiger partial charge in [0.1, 0.15) is 6.61 Å². The van der Waals surface area contributed by atoms with Gasteiger partial charge in [-0.1, -0.05) is 17.7 Å². The Morgan fingerprint density at radius 2 is 2.29 bits per heavy atom. The number of carbonyl (C=O) groups excluding carboxylic acids is 1. The van der Waals surface area contributed by atoms with Gasteiger partial charge >= 0.3 is 5.97 Å². The molecule has 1 atom stereocenters. The molecule has 1 N–H and O–H groups in total. The second-order valence-electron chi connectivity index (χ2n) is 3.70. The summed E-state index contributed by atoms with van der Waals surface area (Å²) < 4.78 is 5.32. The molecule has 0 saturated heterocycles. The number of benzene rings is 1. The molecule has 6 heteroatoms. The van der Waals surface area contributed by atoms with Crippen LogP contribution >= 0.6 is 11.6 Å². The Kier molecular flexibility index (Phi) is 2.93. The first-order chi connectivity index (χ1) is 8.02. The number of halogens is 1.